The Balaban J connectivity index is 1.32. The van der Waals surface area contributed by atoms with Crippen molar-refractivity contribution in [1.29, 1.82) is 0 Å². The van der Waals surface area contributed by atoms with Crippen molar-refractivity contribution in [2.24, 2.45) is 5.92 Å². The van der Waals surface area contributed by atoms with E-state index in [4.69, 9.17) is 21.3 Å². The van der Waals surface area contributed by atoms with Gasteiger partial charge in [0.1, 0.15) is 0 Å². The van der Waals surface area contributed by atoms with Gasteiger partial charge in [0.25, 0.3) is 0 Å². The zero-order valence-corrected chi connectivity index (χ0v) is 20.3. The Morgan fingerprint density at radius 1 is 0.943 bits per heavy atom. The molecule has 0 bridgehead atoms. The molecule has 0 radical (unpaired) electrons. The molecule has 176 valence electrons. The Kier molecular flexibility index (Phi) is 6.26. The highest BCUT2D eigenvalue weighted by molar-refractivity contribution is 7.98. The number of benzene rings is 3. The van der Waals surface area contributed by atoms with E-state index in [9.17, 15) is 0 Å². The first-order valence-electron chi connectivity index (χ1n) is 11.4. The topological polar surface area (TPSA) is 84.0 Å². The van der Waals surface area contributed by atoms with E-state index in [2.05, 4.69) is 50.6 Å². The molecular formula is C26H23ClN6OS. The zero-order chi connectivity index (χ0) is 23.6. The minimum atomic E-state index is -0.330. The van der Waals surface area contributed by atoms with Gasteiger partial charge in [0.15, 0.2) is 11.9 Å². The first-order valence-corrected chi connectivity index (χ1v) is 12.8. The molecule has 35 heavy (non-hydrogen) atoms. The third-order valence-corrected chi connectivity index (χ3v) is 7.49. The number of hydrazine groups is 1. The molecule has 1 fully saturated rings. The van der Waals surface area contributed by atoms with E-state index in [0.29, 0.717) is 22.5 Å². The first kappa shape index (κ1) is 22.3. The molecule has 3 aromatic carbocycles. The second kappa shape index (κ2) is 9.83. The van der Waals surface area contributed by atoms with Crippen LogP contribution >= 0.6 is 23.4 Å². The fourth-order valence-corrected chi connectivity index (χ4v) is 5.53. The predicted octanol–water partition coefficient (Wildman–Crippen LogP) is 5.08. The van der Waals surface area contributed by atoms with Crippen molar-refractivity contribution in [1.82, 2.24) is 26.0 Å². The Hall–Kier alpha value is -3.17. The molecule has 6 rings (SSSR count). The summed E-state index contributed by atoms with van der Waals surface area (Å²) in [6.45, 7) is 0.737. The van der Waals surface area contributed by atoms with Crippen molar-refractivity contribution in [3.05, 3.63) is 95.0 Å². The normalized spacial score (nSPS) is 20.8. The summed E-state index contributed by atoms with van der Waals surface area (Å²) >= 11 is 7.81. The molecule has 1 saturated heterocycles. The standard InChI is InChI=1S/C26H23ClN6OS/c27-20-12-6-4-10-17(20)15-35-26-30-25-23(32-33-26)18-11-5-7-13-21(18)29-24(34-25)19-14-28-31-22(19)16-8-2-1-3-9-16/h1-13,19,22,24,28-29,31H,14-15H2. The summed E-state index contributed by atoms with van der Waals surface area (Å²) in [5.74, 6) is 1.22. The lowest BCUT2D eigenvalue weighted by atomic mass is 9.93. The molecule has 2 aliphatic heterocycles. The van der Waals surface area contributed by atoms with Gasteiger partial charge in [-0.1, -0.05) is 90.1 Å². The summed E-state index contributed by atoms with van der Waals surface area (Å²) in [6, 6.07) is 26.3. The number of aromatic nitrogens is 3. The van der Waals surface area contributed by atoms with Crippen LogP contribution in [-0.2, 0) is 5.75 Å². The van der Waals surface area contributed by atoms with Crippen LogP contribution in [-0.4, -0.2) is 28.0 Å². The maximum absolute atomic E-state index is 6.55. The van der Waals surface area contributed by atoms with Gasteiger partial charge in [0, 0.05) is 34.5 Å². The highest BCUT2D eigenvalue weighted by Crippen LogP contribution is 2.40. The lowest BCUT2D eigenvalue weighted by Crippen LogP contribution is -2.38. The van der Waals surface area contributed by atoms with Crippen LogP contribution in [0.25, 0.3) is 11.3 Å². The third kappa shape index (κ3) is 4.58. The molecule has 0 saturated carbocycles. The number of nitrogens with one attached hydrogen (secondary N) is 3. The van der Waals surface area contributed by atoms with Crippen molar-refractivity contribution < 1.29 is 4.74 Å². The maximum atomic E-state index is 6.55. The van der Waals surface area contributed by atoms with Crippen LogP contribution in [0.3, 0.4) is 0 Å². The summed E-state index contributed by atoms with van der Waals surface area (Å²) < 4.78 is 6.55. The lowest BCUT2D eigenvalue weighted by molar-refractivity contribution is 0.150. The molecule has 7 nitrogen and oxygen atoms in total. The number of thioether (sulfide) groups is 1. The largest absolute Gasteiger partial charge is 0.452 e. The molecule has 0 amide bonds. The van der Waals surface area contributed by atoms with Crippen molar-refractivity contribution in [3.8, 4) is 17.1 Å². The number of nitrogens with zero attached hydrogens (tertiary/aromatic N) is 3. The van der Waals surface area contributed by atoms with Gasteiger partial charge in [-0.05, 0) is 23.3 Å². The Bertz CT molecular complexity index is 1340. The quantitative estimate of drug-likeness (QED) is 0.326. The van der Waals surface area contributed by atoms with Gasteiger partial charge in [0.2, 0.25) is 11.0 Å². The number of rotatable bonds is 5. The van der Waals surface area contributed by atoms with Crippen LogP contribution in [0.5, 0.6) is 5.88 Å². The van der Waals surface area contributed by atoms with Crippen LogP contribution in [0.1, 0.15) is 17.2 Å². The molecule has 3 atom stereocenters. The van der Waals surface area contributed by atoms with E-state index in [1.165, 1.54) is 17.3 Å². The molecular weight excluding hydrogens is 480 g/mol. The van der Waals surface area contributed by atoms with Gasteiger partial charge >= 0.3 is 0 Å². The average molecular weight is 503 g/mol. The van der Waals surface area contributed by atoms with Crippen molar-refractivity contribution in [3.63, 3.8) is 0 Å². The fraction of sp³-hybridized carbons (Fsp3) is 0.192. The number of fused-ring (bicyclic) bond motifs is 3. The first-order chi connectivity index (χ1) is 17.3. The summed E-state index contributed by atoms with van der Waals surface area (Å²) in [4.78, 5) is 4.78. The summed E-state index contributed by atoms with van der Waals surface area (Å²) in [7, 11) is 0. The van der Waals surface area contributed by atoms with Gasteiger partial charge < -0.3 is 10.1 Å². The van der Waals surface area contributed by atoms with Gasteiger partial charge in [-0.25, -0.2) is 5.43 Å². The molecule has 9 heteroatoms. The minimum absolute atomic E-state index is 0.0753. The minimum Gasteiger partial charge on any atom is -0.452 e. The highest BCUT2D eigenvalue weighted by Gasteiger charge is 2.38. The predicted molar refractivity (Wildman–Crippen MR) is 138 cm³/mol. The number of hydrogen-bond donors (Lipinski definition) is 3. The van der Waals surface area contributed by atoms with E-state index >= 15 is 0 Å². The second-order valence-electron chi connectivity index (χ2n) is 8.43. The molecule has 3 heterocycles. The molecule has 4 aromatic rings. The molecule has 2 aliphatic rings. The summed E-state index contributed by atoms with van der Waals surface area (Å²) in [5.41, 5.74) is 11.4. The van der Waals surface area contributed by atoms with Crippen molar-refractivity contribution in [2.45, 2.75) is 23.2 Å². The molecule has 3 N–H and O–H groups in total. The fourth-order valence-electron chi connectivity index (χ4n) is 4.47. The molecule has 3 unspecified atom stereocenters. The molecule has 0 aliphatic carbocycles. The monoisotopic (exact) mass is 502 g/mol. The van der Waals surface area contributed by atoms with Crippen LogP contribution in [0, 0.1) is 5.92 Å². The van der Waals surface area contributed by atoms with Gasteiger partial charge in [-0.15, -0.1) is 10.2 Å². The number of ether oxygens (including phenoxy) is 1. The number of halogens is 1. The van der Waals surface area contributed by atoms with Gasteiger partial charge in [0.05, 0.1) is 6.04 Å². The Morgan fingerprint density at radius 3 is 2.63 bits per heavy atom. The number of hydrogen-bond acceptors (Lipinski definition) is 8. The SMILES string of the molecule is Clc1ccccc1CSc1nnc2c(n1)OC(C1CNNC1c1ccccc1)Nc1ccccc1-2. The van der Waals surface area contributed by atoms with E-state index in [1.807, 2.05) is 54.6 Å². The highest BCUT2D eigenvalue weighted by atomic mass is 35.5. The number of para-hydroxylation sites is 1. The van der Waals surface area contributed by atoms with Crippen LogP contribution < -0.4 is 20.9 Å². The van der Waals surface area contributed by atoms with Crippen LogP contribution in [0.15, 0.2) is 84.0 Å². The van der Waals surface area contributed by atoms with E-state index < -0.39 is 0 Å². The third-order valence-electron chi connectivity index (χ3n) is 6.24. The lowest BCUT2D eigenvalue weighted by Gasteiger charge is -2.28. The smallest absolute Gasteiger partial charge is 0.247 e. The van der Waals surface area contributed by atoms with Gasteiger partial charge in [-0.3, -0.25) is 5.43 Å². The van der Waals surface area contributed by atoms with Gasteiger partial charge in [-0.2, -0.15) is 4.98 Å². The van der Waals surface area contributed by atoms with Crippen molar-refractivity contribution in [2.75, 3.05) is 11.9 Å². The van der Waals surface area contributed by atoms with Crippen molar-refractivity contribution >= 4 is 29.1 Å². The number of anilines is 1. The van der Waals surface area contributed by atoms with E-state index in [1.54, 1.807) is 0 Å². The summed E-state index contributed by atoms with van der Waals surface area (Å²) in [6.07, 6.45) is -0.330. The summed E-state index contributed by atoms with van der Waals surface area (Å²) in [5, 5.41) is 13.8. The Morgan fingerprint density at radius 2 is 1.74 bits per heavy atom. The second-order valence-corrected chi connectivity index (χ2v) is 9.78. The van der Waals surface area contributed by atoms with E-state index in [0.717, 1.165) is 28.4 Å². The van der Waals surface area contributed by atoms with Crippen LogP contribution in [0.4, 0.5) is 5.69 Å². The average Bonchev–Trinajstić information content (AvgIpc) is 3.33. The Labute approximate surface area is 212 Å². The zero-order valence-electron chi connectivity index (χ0n) is 18.7. The molecule has 1 aromatic heterocycles. The van der Waals surface area contributed by atoms with Crippen LogP contribution in [0.2, 0.25) is 5.02 Å². The van der Waals surface area contributed by atoms with E-state index in [-0.39, 0.29) is 18.2 Å². The maximum Gasteiger partial charge on any atom is 0.247 e. The molecule has 0 spiro atoms.